The number of aromatic nitrogens is 2. The first-order valence-electron chi connectivity index (χ1n) is 10.3. The Bertz CT molecular complexity index is 1080. The minimum atomic E-state index is -0.191. The number of hydrogen-bond acceptors (Lipinski definition) is 7. The van der Waals surface area contributed by atoms with E-state index >= 15 is 0 Å². The lowest BCUT2D eigenvalue weighted by molar-refractivity contribution is 0.0947. The van der Waals surface area contributed by atoms with Crippen molar-refractivity contribution in [2.45, 2.75) is 50.6 Å². The molecule has 3 heterocycles. The molecule has 0 saturated carbocycles. The van der Waals surface area contributed by atoms with E-state index in [0.29, 0.717) is 29.5 Å². The van der Waals surface area contributed by atoms with Crippen molar-refractivity contribution in [3.8, 4) is 11.5 Å². The number of aryl methyl sites for hydroxylation is 1. The van der Waals surface area contributed by atoms with E-state index in [0.717, 1.165) is 40.5 Å². The molecule has 1 amide bonds. The van der Waals surface area contributed by atoms with Crippen LogP contribution in [0.25, 0.3) is 0 Å². The van der Waals surface area contributed by atoms with Gasteiger partial charge in [-0.1, -0.05) is 16.9 Å². The summed E-state index contributed by atoms with van der Waals surface area (Å²) in [5.74, 6) is 2.78. The maximum absolute atomic E-state index is 12.9. The fraction of sp³-hybridized carbons (Fsp3) is 0.348. The van der Waals surface area contributed by atoms with Crippen molar-refractivity contribution in [2.24, 2.45) is 0 Å². The number of nitrogens with zero attached hydrogens (tertiary/aromatic N) is 2. The molecule has 0 bridgehead atoms. The number of carbonyl (C=O) groups excluding carboxylic acids is 1. The molecule has 0 unspecified atom stereocenters. The number of thioether (sulfide) groups is 1. The maximum atomic E-state index is 12.9. The van der Waals surface area contributed by atoms with Gasteiger partial charge in [0.1, 0.15) is 28.4 Å². The Morgan fingerprint density at radius 2 is 2.23 bits per heavy atom. The standard InChI is InChI=1S/C23H25N3O4S/c1-4-28-20-10-16-8-14(2)29-21(16)11-17(20)12-25-22(27)19-6-5-7-24-23(19)31-13-18-9-15(3)30-26-18/h5-7,9-11,14H,4,8,12-13H2,1-3H3,(H,25,27)/t14-/m0/s1. The number of benzene rings is 1. The molecule has 0 spiro atoms. The molecular weight excluding hydrogens is 414 g/mol. The molecule has 1 N–H and O–H groups in total. The molecule has 0 radical (unpaired) electrons. The molecule has 31 heavy (non-hydrogen) atoms. The van der Waals surface area contributed by atoms with E-state index in [2.05, 4.69) is 15.5 Å². The van der Waals surface area contributed by atoms with Crippen molar-refractivity contribution < 1.29 is 18.8 Å². The van der Waals surface area contributed by atoms with E-state index in [4.69, 9.17) is 14.0 Å². The zero-order chi connectivity index (χ0) is 21.8. The van der Waals surface area contributed by atoms with Crippen molar-refractivity contribution in [3.63, 3.8) is 0 Å². The van der Waals surface area contributed by atoms with Crippen molar-refractivity contribution in [2.75, 3.05) is 6.61 Å². The highest BCUT2D eigenvalue weighted by Crippen LogP contribution is 2.35. The second-order valence-corrected chi connectivity index (χ2v) is 8.35. The first-order valence-corrected chi connectivity index (χ1v) is 11.3. The average Bonchev–Trinajstić information content (AvgIpc) is 3.34. The minimum absolute atomic E-state index is 0.151. The Balaban J connectivity index is 1.46. The molecule has 1 atom stereocenters. The van der Waals surface area contributed by atoms with Crippen LogP contribution in [0.1, 0.15) is 46.8 Å². The van der Waals surface area contributed by atoms with Crippen LogP contribution < -0.4 is 14.8 Å². The van der Waals surface area contributed by atoms with Crippen LogP contribution in [0.5, 0.6) is 11.5 Å². The molecule has 3 aromatic rings. The lowest BCUT2D eigenvalue weighted by Gasteiger charge is -2.14. The van der Waals surface area contributed by atoms with E-state index in [1.54, 1.807) is 18.3 Å². The highest BCUT2D eigenvalue weighted by molar-refractivity contribution is 7.98. The molecule has 4 rings (SSSR count). The molecule has 1 aliphatic heterocycles. The van der Waals surface area contributed by atoms with Crippen LogP contribution in [0.4, 0.5) is 0 Å². The van der Waals surface area contributed by atoms with Gasteiger partial charge in [0.2, 0.25) is 0 Å². The Hall–Kier alpha value is -3.00. The van der Waals surface area contributed by atoms with Crippen molar-refractivity contribution >= 4 is 17.7 Å². The maximum Gasteiger partial charge on any atom is 0.254 e. The fourth-order valence-electron chi connectivity index (χ4n) is 3.49. The normalized spacial score (nSPS) is 14.7. The highest BCUT2D eigenvalue weighted by Gasteiger charge is 2.22. The van der Waals surface area contributed by atoms with E-state index in [9.17, 15) is 4.79 Å². The number of rotatable bonds is 8. The number of nitrogens with one attached hydrogen (secondary N) is 1. The summed E-state index contributed by atoms with van der Waals surface area (Å²) in [6.07, 6.45) is 2.70. The van der Waals surface area contributed by atoms with Crippen LogP contribution in [-0.4, -0.2) is 28.8 Å². The van der Waals surface area contributed by atoms with Gasteiger partial charge in [-0.25, -0.2) is 4.98 Å². The van der Waals surface area contributed by atoms with Crippen LogP contribution in [0.3, 0.4) is 0 Å². The molecule has 0 saturated heterocycles. The minimum Gasteiger partial charge on any atom is -0.494 e. The molecule has 2 aromatic heterocycles. The van der Waals surface area contributed by atoms with E-state index in [1.165, 1.54) is 11.8 Å². The summed E-state index contributed by atoms with van der Waals surface area (Å²) in [6, 6.07) is 9.40. The Morgan fingerprint density at radius 1 is 1.35 bits per heavy atom. The number of ether oxygens (including phenoxy) is 2. The molecule has 7 nitrogen and oxygen atoms in total. The summed E-state index contributed by atoms with van der Waals surface area (Å²) >= 11 is 1.45. The van der Waals surface area contributed by atoms with Crippen LogP contribution in [0.2, 0.25) is 0 Å². The van der Waals surface area contributed by atoms with Gasteiger partial charge in [-0.15, -0.1) is 0 Å². The van der Waals surface area contributed by atoms with Crippen LogP contribution in [0, 0.1) is 6.92 Å². The number of fused-ring (bicyclic) bond motifs is 1. The zero-order valence-corrected chi connectivity index (χ0v) is 18.6. The third-order valence-electron chi connectivity index (χ3n) is 4.87. The van der Waals surface area contributed by atoms with Gasteiger partial charge >= 0.3 is 0 Å². The number of carbonyl (C=O) groups is 1. The van der Waals surface area contributed by atoms with Crippen molar-refractivity contribution in [1.29, 1.82) is 0 Å². The molecule has 0 aliphatic carbocycles. The summed E-state index contributed by atoms with van der Waals surface area (Å²) in [7, 11) is 0. The van der Waals surface area contributed by atoms with Gasteiger partial charge in [0.05, 0.1) is 17.9 Å². The van der Waals surface area contributed by atoms with Crippen LogP contribution >= 0.6 is 11.8 Å². The number of pyridine rings is 1. The monoisotopic (exact) mass is 439 g/mol. The van der Waals surface area contributed by atoms with Gasteiger partial charge in [0.15, 0.2) is 0 Å². The first-order chi connectivity index (χ1) is 15.0. The third-order valence-corrected chi connectivity index (χ3v) is 5.91. The van der Waals surface area contributed by atoms with Crippen molar-refractivity contribution in [1.82, 2.24) is 15.5 Å². The number of hydrogen-bond donors (Lipinski definition) is 1. The summed E-state index contributed by atoms with van der Waals surface area (Å²) in [4.78, 5) is 17.3. The summed E-state index contributed by atoms with van der Waals surface area (Å²) < 4.78 is 16.8. The van der Waals surface area contributed by atoms with Gasteiger partial charge in [0, 0.05) is 42.1 Å². The first kappa shape index (κ1) is 21.2. The second kappa shape index (κ2) is 9.43. The SMILES string of the molecule is CCOc1cc2c(cc1CNC(=O)c1cccnc1SCc1cc(C)on1)O[C@@H](C)C2. The second-order valence-electron chi connectivity index (χ2n) is 7.39. The van der Waals surface area contributed by atoms with E-state index in [1.807, 2.05) is 39.0 Å². The summed E-state index contributed by atoms with van der Waals surface area (Å²) in [5.41, 5.74) is 3.37. The van der Waals surface area contributed by atoms with E-state index < -0.39 is 0 Å². The zero-order valence-electron chi connectivity index (χ0n) is 17.8. The molecule has 1 aromatic carbocycles. The molecular formula is C23H25N3O4S. The predicted molar refractivity (Wildman–Crippen MR) is 118 cm³/mol. The summed E-state index contributed by atoms with van der Waals surface area (Å²) in [6.45, 7) is 6.73. The number of amides is 1. The Kier molecular flexibility index (Phi) is 6.46. The molecule has 1 aliphatic rings. The lowest BCUT2D eigenvalue weighted by Crippen LogP contribution is -2.24. The lowest BCUT2D eigenvalue weighted by atomic mass is 10.1. The van der Waals surface area contributed by atoms with Gasteiger partial charge in [-0.05, 0) is 45.0 Å². The molecule has 162 valence electrons. The van der Waals surface area contributed by atoms with E-state index in [-0.39, 0.29) is 12.0 Å². The smallest absolute Gasteiger partial charge is 0.254 e. The topological polar surface area (TPSA) is 86.5 Å². The van der Waals surface area contributed by atoms with Gasteiger partial charge in [-0.2, -0.15) is 0 Å². The Labute approximate surface area is 185 Å². The molecule has 0 fully saturated rings. The largest absolute Gasteiger partial charge is 0.494 e. The molecule has 8 heteroatoms. The highest BCUT2D eigenvalue weighted by atomic mass is 32.2. The predicted octanol–water partition coefficient (Wildman–Crippen LogP) is 4.32. The van der Waals surface area contributed by atoms with Gasteiger partial charge in [0.25, 0.3) is 5.91 Å². The van der Waals surface area contributed by atoms with Gasteiger partial charge in [-0.3, -0.25) is 4.79 Å². The quantitative estimate of drug-likeness (QED) is 0.523. The van der Waals surface area contributed by atoms with Crippen LogP contribution in [-0.2, 0) is 18.7 Å². The van der Waals surface area contributed by atoms with Crippen molar-refractivity contribution in [3.05, 3.63) is 64.7 Å². The third kappa shape index (κ3) is 5.02. The average molecular weight is 440 g/mol. The fourth-order valence-corrected chi connectivity index (χ4v) is 4.36. The van der Waals surface area contributed by atoms with Crippen LogP contribution in [0.15, 0.2) is 46.1 Å². The summed E-state index contributed by atoms with van der Waals surface area (Å²) in [5, 5.41) is 7.64. The Morgan fingerprint density at radius 3 is 3.00 bits per heavy atom. The van der Waals surface area contributed by atoms with Gasteiger partial charge < -0.3 is 19.3 Å².